The van der Waals surface area contributed by atoms with Crippen LogP contribution in [-0.4, -0.2) is 0 Å². The van der Waals surface area contributed by atoms with Crippen LogP contribution in [0.2, 0.25) is 0 Å². The van der Waals surface area contributed by atoms with Crippen molar-refractivity contribution in [3.05, 3.63) is 188 Å². The predicted molar refractivity (Wildman–Crippen MR) is 222 cm³/mol. The second-order valence-corrected chi connectivity index (χ2v) is 13.7. The van der Waals surface area contributed by atoms with Crippen LogP contribution in [-0.2, 0) is 0 Å². The first-order chi connectivity index (χ1) is 26.3. The van der Waals surface area contributed by atoms with Gasteiger partial charge in [-0.1, -0.05) is 140 Å². The van der Waals surface area contributed by atoms with Crippen LogP contribution in [0, 0.1) is 0 Å². The van der Waals surface area contributed by atoms with Crippen LogP contribution in [0.4, 0.5) is 17.1 Å². The zero-order chi connectivity index (χ0) is 34.9. The van der Waals surface area contributed by atoms with Gasteiger partial charge >= 0.3 is 0 Å². The van der Waals surface area contributed by atoms with Crippen LogP contribution >= 0.6 is 0 Å². The molecule has 11 aromatic rings. The van der Waals surface area contributed by atoms with Crippen LogP contribution < -0.4 is 4.90 Å². The third kappa shape index (κ3) is 4.68. The molecule has 0 spiro atoms. The summed E-state index contributed by atoms with van der Waals surface area (Å²) in [6.45, 7) is 0. The van der Waals surface area contributed by atoms with Gasteiger partial charge in [-0.3, -0.25) is 0 Å². The van der Waals surface area contributed by atoms with Crippen LogP contribution in [0.3, 0.4) is 0 Å². The summed E-state index contributed by atoms with van der Waals surface area (Å²) in [5.74, 6) is 0. The van der Waals surface area contributed by atoms with Crippen molar-refractivity contribution in [2.75, 3.05) is 4.90 Å². The van der Waals surface area contributed by atoms with E-state index in [1.165, 1.54) is 21.9 Å². The normalized spacial score (nSPS) is 11.8. The van der Waals surface area contributed by atoms with Crippen LogP contribution in [0.1, 0.15) is 0 Å². The molecular formula is C50H31NO2. The van der Waals surface area contributed by atoms with Gasteiger partial charge in [0, 0.05) is 38.7 Å². The molecule has 0 amide bonds. The molecular weight excluding hydrogens is 647 g/mol. The molecule has 0 radical (unpaired) electrons. The number of nitrogens with zero attached hydrogens (tertiary/aromatic N) is 1. The van der Waals surface area contributed by atoms with Gasteiger partial charge in [0.05, 0.1) is 11.1 Å². The SMILES string of the molecule is c1ccc(-c2ccc(N(c3ccc4ccccc4c3)c3cccc4oc5c(-c6cccc7c6oc6ccccc67)c6ccccc6cc5c34)cc2)cc1. The van der Waals surface area contributed by atoms with Gasteiger partial charge in [0.2, 0.25) is 0 Å². The Balaban J connectivity index is 1.20. The Morgan fingerprint density at radius 2 is 1.00 bits per heavy atom. The molecule has 3 nitrogen and oxygen atoms in total. The molecule has 2 heterocycles. The van der Waals surface area contributed by atoms with E-state index >= 15 is 0 Å². The van der Waals surface area contributed by atoms with E-state index in [0.717, 1.165) is 82.8 Å². The highest BCUT2D eigenvalue weighted by molar-refractivity contribution is 6.24. The Morgan fingerprint density at radius 3 is 1.87 bits per heavy atom. The Labute approximate surface area is 305 Å². The van der Waals surface area contributed by atoms with Crippen molar-refractivity contribution in [1.29, 1.82) is 0 Å². The van der Waals surface area contributed by atoms with E-state index in [9.17, 15) is 0 Å². The lowest BCUT2D eigenvalue weighted by Gasteiger charge is -2.27. The average Bonchev–Trinajstić information content (AvgIpc) is 3.80. The van der Waals surface area contributed by atoms with E-state index in [1.54, 1.807) is 0 Å². The van der Waals surface area contributed by atoms with Crippen molar-refractivity contribution < 1.29 is 8.83 Å². The Bertz CT molecular complexity index is 3170. The lowest BCUT2D eigenvalue weighted by Crippen LogP contribution is -2.10. The van der Waals surface area contributed by atoms with E-state index < -0.39 is 0 Å². The molecule has 9 aromatic carbocycles. The average molecular weight is 678 g/mol. The van der Waals surface area contributed by atoms with E-state index in [1.807, 2.05) is 12.1 Å². The van der Waals surface area contributed by atoms with E-state index in [-0.39, 0.29) is 0 Å². The van der Waals surface area contributed by atoms with Crippen molar-refractivity contribution in [1.82, 2.24) is 0 Å². The highest BCUT2D eigenvalue weighted by Gasteiger charge is 2.24. The summed E-state index contributed by atoms with van der Waals surface area (Å²) in [6, 6.07) is 66.7. The third-order valence-corrected chi connectivity index (χ3v) is 10.6. The summed E-state index contributed by atoms with van der Waals surface area (Å²) in [5, 5.41) is 8.98. The minimum absolute atomic E-state index is 0.831. The van der Waals surface area contributed by atoms with Gasteiger partial charge in [-0.25, -0.2) is 0 Å². The van der Waals surface area contributed by atoms with Gasteiger partial charge in [-0.15, -0.1) is 0 Å². The number of fused-ring (bicyclic) bond motifs is 8. The van der Waals surface area contributed by atoms with Gasteiger partial charge in [-0.2, -0.15) is 0 Å². The summed E-state index contributed by atoms with van der Waals surface area (Å²) in [6.07, 6.45) is 0. The van der Waals surface area contributed by atoms with Crippen molar-refractivity contribution in [2.24, 2.45) is 0 Å². The third-order valence-electron chi connectivity index (χ3n) is 10.6. The largest absolute Gasteiger partial charge is 0.455 e. The summed E-state index contributed by atoms with van der Waals surface area (Å²) >= 11 is 0. The van der Waals surface area contributed by atoms with Crippen LogP contribution in [0.15, 0.2) is 197 Å². The van der Waals surface area contributed by atoms with Crippen LogP contribution in [0.5, 0.6) is 0 Å². The first-order valence-corrected chi connectivity index (χ1v) is 18.0. The summed E-state index contributed by atoms with van der Waals surface area (Å²) in [4.78, 5) is 2.37. The second-order valence-electron chi connectivity index (χ2n) is 13.7. The van der Waals surface area contributed by atoms with E-state index in [0.29, 0.717) is 0 Å². The second kappa shape index (κ2) is 11.7. The summed E-state index contributed by atoms with van der Waals surface area (Å²) in [7, 11) is 0. The van der Waals surface area contributed by atoms with Gasteiger partial charge in [0.1, 0.15) is 22.3 Å². The standard InChI is InChI=1S/C50H31NO2/c1-2-12-32(13-3-1)34-24-27-37(28-25-34)51(38-29-26-33-14-4-5-15-35(33)30-38)44-21-11-23-46-48(44)43-31-36-16-6-7-17-39(36)47(50(43)53-46)42-20-10-19-41-40-18-8-9-22-45(40)52-49(41)42/h1-31H. The Morgan fingerprint density at radius 1 is 0.358 bits per heavy atom. The number of anilines is 3. The molecule has 0 aliphatic carbocycles. The lowest BCUT2D eigenvalue weighted by molar-refractivity contribution is 0.665. The number of hydrogen-bond acceptors (Lipinski definition) is 3. The molecule has 0 N–H and O–H groups in total. The van der Waals surface area contributed by atoms with Gasteiger partial charge in [0.15, 0.2) is 0 Å². The van der Waals surface area contributed by atoms with Gasteiger partial charge in [0.25, 0.3) is 0 Å². The van der Waals surface area contributed by atoms with Crippen molar-refractivity contribution in [3.63, 3.8) is 0 Å². The molecule has 2 aromatic heterocycles. The number of hydrogen-bond donors (Lipinski definition) is 0. The number of rotatable bonds is 5. The maximum absolute atomic E-state index is 7.01. The first kappa shape index (κ1) is 29.6. The zero-order valence-corrected chi connectivity index (χ0v) is 28.7. The quantitative estimate of drug-likeness (QED) is 0.182. The molecule has 0 fully saturated rings. The van der Waals surface area contributed by atoms with Gasteiger partial charge < -0.3 is 13.7 Å². The van der Waals surface area contributed by atoms with Gasteiger partial charge in [-0.05, 0) is 81.2 Å². The molecule has 0 aliphatic rings. The molecule has 0 bridgehead atoms. The molecule has 0 atom stereocenters. The van der Waals surface area contributed by atoms with Crippen molar-refractivity contribution >= 4 is 82.5 Å². The number of benzene rings is 9. The minimum Gasteiger partial charge on any atom is -0.455 e. The highest BCUT2D eigenvalue weighted by atomic mass is 16.3. The first-order valence-electron chi connectivity index (χ1n) is 18.0. The van der Waals surface area contributed by atoms with E-state index in [2.05, 4.69) is 181 Å². The monoisotopic (exact) mass is 677 g/mol. The molecule has 0 unspecified atom stereocenters. The van der Waals surface area contributed by atoms with Crippen molar-refractivity contribution in [2.45, 2.75) is 0 Å². The topological polar surface area (TPSA) is 29.5 Å². The Kier molecular flexibility index (Phi) is 6.55. The smallest absolute Gasteiger partial charge is 0.144 e. The summed E-state index contributed by atoms with van der Waals surface area (Å²) in [5.41, 5.74) is 11.0. The number of furan rings is 2. The zero-order valence-electron chi connectivity index (χ0n) is 28.7. The lowest BCUT2D eigenvalue weighted by atomic mass is 9.93. The molecule has 0 saturated heterocycles. The highest BCUT2D eigenvalue weighted by Crippen LogP contribution is 2.49. The van der Waals surface area contributed by atoms with Crippen molar-refractivity contribution in [3.8, 4) is 22.3 Å². The minimum atomic E-state index is 0.831. The maximum Gasteiger partial charge on any atom is 0.144 e. The number of para-hydroxylation sites is 2. The molecule has 3 heteroatoms. The molecule has 0 saturated carbocycles. The molecule has 248 valence electrons. The summed E-state index contributed by atoms with van der Waals surface area (Å²) < 4.78 is 13.6. The molecule has 53 heavy (non-hydrogen) atoms. The maximum atomic E-state index is 7.01. The molecule has 0 aliphatic heterocycles. The Hall–Kier alpha value is -7.10. The fraction of sp³-hybridized carbons (Fsp3) is 0. The fourth-order valence-corrected chi connectivity index (χ4v) is 8.18. The fourth-order valence-electron chi connectivity index (χ4n) is 8.18. The van der Waals surface area contributed by atoms with Crippen LogP contribution in [0.25, 0.3) is 87.7 Å². The van der Waals surface area contributed by atoms with E-state index in [4.69, 9.17) is 8.83 Å². The molecule has 11 rings (SSSR count). The predicted octanol–water partition coefficient (Wildman–Crippen LogP) is 14.6.